The fraction of sp³-hybridized carbons (Fsp3) is 0.367. The van der Waals surface area contributed by atoms with Gasteiger partial charge in [0.05, 0.1) is 0 Å². The number of ether oxygens (including phenoxy) is 1. The number of benzene rings is 3. The van der Waals surface area contributed by atoms with Gasteiger partial charge in [-0.05, 0) is 75.9 Å². The molecule has 0 aliphatic heterocycles. The first-order chi connectivity index (χ1) is 17.5. The zero-order chi connectivity index (χ0) is 26.7. The molecular weight excluding hydrogens is 466 g/mol. The highest BCUT2D eigenvalue weighted by atomic mass is 16.6. The largest absolute Gasteiger partial charge is 0.444 e. The minimum atomic E-state index is -0.864. The van der Waals surface area contributed by atoms with Gasteiger partial charge >= 0.3 is 6.09 Å². The predicted octanol–water partition coefficient (Wildman–Crippen LogP) is 5.73. The minimum Gasteiger partial charge on any atom is -0.444 e. The molecule has 0 saturated heterocycles. The molecule has 0 heterocycles. The summed E-state index contributed by atoms with van der Waals surface area (Å²) in [5, 5.41) is 7.76. The van der Waals surface area contributed by atoms with Gasteiger partial charge in [-0.15, -0.1) is 0 Å². The number of fused-ring (bicyclic) bond motifs is 1. The smallest absolute Gasteiger partial charge is 0.408 e. The van der Waals surface area contributed by atoms with Gasteiger partial charge in [-0.25, -0.2) is 4.79 Å². The molecule has 0 radical (unpaired) electrons. The quantitative estimate of drug-likeness (QED) is 0.433. The standard InChI is InChI=1S/C30H35N3O4/c1-19-10-12-22(13-11-19)26(27(34)32-24-15-14-21-8-6-7-9-23(21)18-24)33(25-16-17-25)28(35)20(2)31-29(36)37-30(3,4)5/h6-15,18,20,25-26H,16-17H2,1-5H3,(H,31,36)(H,32,34). The molecule has 4 rings (SSSR count). The summed E-state index contributed by atoms with van der Waals surface area (Å²) in [6.07, 6.45) is 0.934. The Kier molecular flexibility index (Phi) is 7.52. The number of anilines is 1. The number of rotatable bonds is 7. The molecule has 0 spiro atoms. The van der Waals surface area contributed by atoms with E-state index in [2.05, 4.69) is 10.6 Å². The summed E-state index contributed by atoms with van der Waals surface area (Å²) in [4.78, 5) is 41.5. The summed E-state index contributed by atoms with van der Waals surface area (Å²) in [5.41, 5.74) is 1.74. The summed E-state index contributed by atoms with van der Waals surface area (Å²) in [6.45, 7) is 8.89. The minimum absolute atomic E-state index is 0.0796. The molecule has 194 valence electrons. The number of hydrogen-bond donors (Lipinski definition) is 2. The average molecular weight is 502 g/mol. The second-order valence-corrected chi connectivity index (χ2v) is 10.7. The predicted molar refractivity (Wildman–Crippen MR) is 145 cm³/mol. The van der Waals surface area contributed by atoms with Crippen molar-refractivity contribution in [3.8, 4) is 0 Å². The first kappa shape index (κ1) is 26.2. The Bertz CT molecular complexity index is 1290. The van der Waals surface area contributed by atoms with E-state index in [0.717, 1.165) is 29.2 Å². The molecule has 0 aromatic heterocycles. The number of hydrogen-bond acceptors (Lipinski definition) is 4. The number of nitrogens with one attached hydrogen (secondary N) is 2. The van der Waals surface area contributed by atoms with Crippen LogP contribution < -0.4 is 10.6 Å². The van der Waals surface area contributed by atoms with Crippen molar-refractivity contribution in [1.82, 2.24) is 10.2 Å². The Labute approximate surface area is 218 Å². The highest BCUT2D eigenvalue weighted by Crippen LogP contribution is 2.36. The molecule has 1 aliphatic rings. The third-order valence-electron chi connectivity index (χ3n) is 6.24. The van der Waals surface area contributed by atoms with Gasteiger partial charge in [0.2, 0.25) is 5.91 Å². The van der Waals surface area contributed by atoms with Crippen molar-refractivity contribution >= 4 is 34.4 Å². The molecule has 1 saturated carbocycles. The van der Waals surface area contributed by atoms with Crippen LogP contribution in [0.15, 0.2) is 66.7 Å². The third kappa shape index (κ3) is 6.67. The van der Waals surface area contributed by atoms with E-state index in [-0.39, 0.29) is 17.9 Å². The third-order valence-corrected chi connectivity index (χ3v) is 6.24. The lowest BCUT2D eigenvalue weighted by molar-refractivity contribution is -0.141. The number of alkyl carbamates (subject to hydrolysis) is 1. The van der Waals surface area contributed by atoms with Crippen LogP contribution in [0, 0.1) is 6.92 Å². The van der Waals surface area contributed by atoms with Crippen LogP contribution in [-0.2, 0) is 14.3 Å². The highest BCUT2D eigenvalue weighted by molar-refractivity contribution is 6.00. The van der Waals surface area contributed by atoms with Gasteiger partial charge in [-0.3, -0.25) is 9.59 Å². The normalized spacial score (nSPS) is 14.9. The Hall–Kier alpha value is -3.87. The van der Waals surface area contributed by atoms with Gasteiger partial charge < -0.3 is 20.3 Å². The molecule has 37 heavy (non-hydrogen) atoms. The lowest BCUT2D eigenvalue weighted by atomic mass is 10.0. The molecule has 2 unspecified atom stereocenters. The Balaban J connectivity index is 1.63. The van der Waals surface area contributed by atoms with E-state index in [0.29, 0.717) is 11.3 Å². The van der Waals surface area contributed by atoms with Gasteiger partial charge in [0.25, 0.3) is 5.91 Å². The van der Waals surface area contributed by atoms with Gasteiger partial charge in [-0.2, -0.15) is 0 Å². The Morgan fingerprint density at radius 1 is 0.946 bits per heavy atom. The topological polar surface area (TPSA) is 87.7 Å². The van der Waals surface area contributed by atoms with Crippen LogP contribution in [0.25, 0.3) is 10.8 Å². The molecule has 3 aromatic carbocycles. The molecule has 1 fully saturated rings. The fourth-order valence-corrected chi connectivity index (χ4v) is 4.31. The fourth-order valence-electron chi connectivity index (χ4n) is 4.31. The SMILES string of the molecule is Cc1ccc(C(C(=O)Nc2ccc3ccccc3c2)N(C(=O)C(C)NC(=O)OC(C)(C)C)C2CC2)cc1. The average Bonchev–Trinajstić information content (AvgIpc) is 3.66. The van der Waals surface area contributed by atoms with Crippen molar-refractivity contribution in [2.45, 2.75) is 71.2 Å². The maximum absolute atomic E-state index is 13.8. The number of carbonyl (C=O) groups is 3. The van der Waals surface area contributed by atoms with Crippen molar-refractivity contribution < 1.29 is 19.1 Å². The van der Waals surface area contributed by atoms with Gasteiger partial charge in [0, 0.05) is 11.7 Å². The van der Waals surface area contributed by atoms with E-state index in [1.54, 1.807) is 32.6 Å². The van der Waals surface area contributed by atoms with Gasteiger partial charge in [0.1, 0.15) is 17.7 Å². The van der Waals surface area contributed by atoms with Crippen LogP contribution in [0.3, 0.4) is 0 Å². The van der Waals surface area contributed by atoms with Crippen LogP contribution in [-0.4, -0.2) is 40.5 Å². The van der Waals surface area contributed by atoms with Crippen molar-refractivity contribution in [2.24, 2.45) is 0 Å². The second-order valence-electron chi connectivity index (χ2n) is 10.7. The highest BCUT2D eigenvalue weighted by Gasteiger charge is 2.43. The summed E-state index contributed by atoms with van der Waals surface area (Å²) in [5.74, 6) is -0.628. The van der Waals surface area contributed by atoms with Crippen molar-refractivity contribution in [3.05, 3.63) is 77.9 Å². The summed E-state index contributed by atoms with van der Waals surface area (Å²) in [7, 11) is 0. The molecule has 2 atom stereocenters. The number of aryl methyl sites for hydroxylation is 1. The zero-order valence-electron chi connectivity index (χ0n) is 22.1. The zero-order valence-corrected chi connectivity index (χ0v) is 22.1. The lowest BCUT2D eigenvalue weighted by Crippen LogP contribution is -2.52. The van der Waals surface area contributed by atoms with E-state index >= 15 is 0 Å². The second kappa shape index (κ2) is 10.6. The van der Waals surface area contributed by atoms with Crippen LogP contribution in [0.1, 0.15) is 57.7 Å². The monoisotopic (exact) mass is 501 g/mol. The summed E-state index contributed by atoms with van der Waals surface area (Å²) >= 11 is 0. The van der Waals surface area contributed by atoms with Gasteiger partial charge in [0.15, 0.2) is 0 Å². The van der Waals surface area contributed by atoms with Crippen LogP contribution in [0.4, 0.5) is 10.5 Å². The number of carbonyl (C=O) groups excluding carboxylic acids is 3. The number of nitrogens with zero attached hydrogens (tertiary/aromatic N) is 1. The van der Waals surface area contributed by atoms with Crippen molar-refractivity contribution in [3.63, 3.8) is 0 Å². The first-order valence-electron chi connectivity index (χ1n) is 12.7. The molecule has 3 amide bonds. The van der Waals surface area contributed by atoms with E-state index in [1.807, 2.05) is 73.7 Å². The molecule has 7 heteroatoms. The lowest BCUT2D eigenvalue weighted by Gasteiger charge is -2.34. The van der Waals surface area contributed by atoms with Crippen molar-refractivity contribution in [1.29, 1.82) is 0 Å². The van der Waals surface area contributed by atoms with Gasteiger partial charge in [-0.1, -0.05) is 60.2 Å². The molecule has 0 bridgehead atoms. The van der Waals surface area contributed by atoms with E-state index in [9.17, 15) is 14.4 Å². The molecule has 2 N–H and O–H groups in total. The molecule has 3 aromatic rings. The molecule has 7 nitrogen and oxygen atoms in total. The first-order valence-corrected chi connectivity index (χ1v) is 12.7. The maximum atomic E-state index is 13.8. The van der Waals surface area contributed by atoms with E-state index < -0.39 is 23.8 Å². The maximum Gasteiger partial charge on any atom is 0.408 e. The molecule has 1 aliphatic carbocycles. The Morgan fingerprint density at radius 3 is 2.22 bits per heavy atom. The summed E-state index contributed by atoms with van der Waals surface area (Å²) < 4.78 is 5.33. The van der Waals surface area contributed by atoms with Crippen molar-refractivity contribution in [2.75, 3.05) is 5.32 Å². The van der Waals surface area contributed by atoms with Crippen LogP contribution >= 0.6 is 0 Å². The Morgan fingerprint density at radius 2 is 1.59 bits per heavy atom. The number of amides is 3. The summed E-state index contributed by atoms with van der Waals surface area (Å²) in [6, 6.07) is 19.5. The molecular formula is C30H35N3O4. The van der Waals surface area contributed by atoms with E-state index in [1.165, 1.54) is 0 Å². The van der Waals surface area contributed by atoms with Crippen LogP contribution in [0.5, 0.6) is 0 Å². The van der Waals surface area contributed by atoms with Crippen LogP contribution in [0.2, 0.25) is 0 Å². The van der Waals surface area contributed by atoms with E-state index in [4.69, 9.17) is 4.74 Å².